The smallest absolute Gasteiger partial charge is 0.340 e. The number of benzene rings is 2. The molecular weight excluding hydrogens is 1210 g/mol. The molecule has 0 saturated heterocycles. The topological polar surface area (TPSA) is 349 Å². The Kier molecular flexibility index (Phi) is 22.5. The van der Waals surface area contributed by atoms with E-state index in [2.05, 4.69) is 46.9 Å². The predicted molar refractivity (Wildman–Crippen MR) is 356 cm³/mol. The second-order valence-corrected chi connectivity index (χ2v) is 30.6. The molecule has 12 rings (SSSR count). The summed E-state index contributed by atoms with van der Waals surface area (Å²) >= 11 is 0. The quantitative estimate of drug-likeness (QED) is 0.0437. The van der Waals surface area contributed by atoms with E-state index in [1.165, 1.54) is 0 Å². The van der Waals surface area contributed by atoms with Crippen molar-refractivity contribution in [3.05, 3.63) is 79.5 Å². The number of carboxylic acid groups (broad SMARTS) is 3. The third kappa shape index (κ3) is 13.9. The van der Waals surface area contributed by atoms with Crippen LogP contribution >= 0.6 is 0 Å². The summed E-state index contributed by atoms with van der Waals surface area (Å²) in [6.07, 6.45) is 10.9. The molecule has 0 bridgehead atoms. The molecular formula is C74H107FN2O17. The number of nitrogens with two attached hydrogens (primary N) is 1. The third-order valence-corrected chi connectivity index (χ3v) is 26.2. The van der Waals surface area contributed by atoms with E-state index in [9.17, 15) is 63.8 Å². The first kappa shape index (κ1) is 72.5. The maximum atomic E-state index is 13.1. The standard InChI is InChI=1S/C36H49NO8.C24H40O5.C12H11NO4.CH3F.CH4/c1-18(5-10-31(41)37-21-6-7-23-19(2)24(16-32(42)43)34(44)45-29(23)15-21)25-8-9-26-33-27(17-30(40)36(25,26)4)35(3)12-11-22(38)13-20(35)14-28(33)39;1-13(4-7-21(28)29)16-5-6-17-22-18(12-20(27)24(16,17)3)23(2)9-8-15(25)10-14(23)11-19(22)26;1-6-8-3-2-7(13)4-10(8)17-12(16)9(6)5-11(14)15;1-2;/h6-7,15,18,20,22,25-28,30,33,38-40H,5,8-14,16-17H2,1-4H3,(H,37,41)(H,42,43);13-20,22,25-27H,4-12H2,1-3H3,(H,28,29);2-4H,5,13H2,1H3,(H,14,15);1H3;1H4/t18-,20+,22-,25-,26+,27+,28-,30+,33?,35+,36-;13-,14+,15-,16-,17+,18+,19-,20+,22?,23+,24-;;;/m11.../s1/i;;;1D;. The van der Waals surface area contributed by atoms with Crippen LogP contribution in [0, 0.1) is 107 Å². The normalized spacial score (nSPS) is 36.7. The summed E-state index contributed by atoms with van der Waals surface area (Å²) in [6, 6.07) is 10.0. The number of hydrogen-bond acceptors (Lipinski definition) is 15. The van der Waals surface area contributed by atoms with E-state index >= 15 is 0 Å². The van der Waals surface area contributed by atoms with Crippen LogP contribution in [0.5, 0.6) is 0 Å². The van der Waals surface area contributed by atoms with Crippen LogP contribution in [0.1, 0.15) is 188 Å². The maximum absolute atomic E-state index is 13.1. The van der Waals surface area contributed by atoms with E-state index < -0.39 is 61.0 Å². The Morgan fingerprint density at radius 3 is 1.45 bits per heavy atom. The van der Waals surface area contributed by atoms with Gasteiger partial charge < -0.3 is 65.8 Å². The molecule has 8 aliphatic rings. The first-order valence-corrected chi connectivity index (χ1v) is 34.0. The number of halogens is 1. The van der Waals surface area contributed by atoms with Crippen LogP contribution in [-0.4, -0.2) is 114 Å². The first-order valence-electron chi connectivity index (χ1n) is 34.7. The third-order valence-electron chi connectivity index (χ3n) is 26.2. The monoisotopic (exact) mass is 1320 g/mol. The van der Waals surface area contributed by atoms with Crippen molar-refractivity contribution in [2.24, 2.45) is 92.7 Å². The molecule has 8 aliphatic carbocycles. The summed E-state index contributed by atoms with van der Waals surface area (Å²) in [6.45, 7) is 16.9. The van der Waals surface area contributed by atoms with Gasteiger partial charge in [-0.25, -0.2) is 9.59 Å². The van der Waals surface area contributed by atoms with E-state index in [1.807, 2.05) is 0 Å². The highest BCUT2D eigenvalue weighted by Crippen LogP contribution is 2.70. The van der Waals surface area contributed by atoms with Crippen LogP contribution in [0.3, 0.4) is 0 Å². The number of anilines is 2. The number of nitrogen functional groups attached to an aromatic ring is 1. The number of aliphatic hydroxyl groups is 6. The number of alkyl halides is 1. The van der Waals surface area contributed by atoms with Crippen LogP contribution in [0.4, 0.5) is 15.8 Å². The highest BCUT2D eigenvalue weighted by Gasteiger charge is 2.67. The molecule has 2 aromatic carbocycles. The van der Waals surface area contributed by atoms with Gasteiger partial charge in [0, 0.05) is 47.1 Å². The predicted octanol–water partition coefficient (Wildman–Crippen LogP) is 11.0. The molecule has 0 spiro atoms. The fourth-order valence-corrected chi connectivity index (χ4v) is 21.2. The molecule has 19 nitrogen and oxygen atoms in total. The molecule has 22 atom stereocenters. The zero-order valence-corrected chi connectivity index (χ0v) is 55.5. The zero-order chi connectivity index (χ0) is 68.8. The summed E-state index contributed by atoms with van der Waals surface area (Å²) < 4.78 is 26.0. The van der Waals surface area contributed by atoms with Crippen LogP contribution in [0.2, 0.25) is 0 Å². The lowest BCUT2D eigenvalue weighted by molar-refractivity contribution is -0.207. The average Bonchev–Trinajstić information content (AvgIpc) is 1.68. The Labute approximate surface area is 552 Å². The summed E-state index contributed by atoms with van der Waals surface area (Å²) in [5.41, 5.74) is 7.00. The Morgan fingerprint density at radius 1 is 0.606 bits per heavy atom. The number of amides is 1. The molecule has 4 aromatic rings. The van der Waals surface area contributed by atoms with Gasteiger partial charge in [-0.15, -0.1) is 0 Å². The number of rotatable bonds is 13. The Bertz CT molecular complexity index is 3540. The van der Waals surface area contributed by atoms with Gasteiger partial charge in [0.15, 0.2) is 0 Å². The SMILES string of the molecule is C.C[C@H](CCC(=O)O)[C@H]1CC[C@H]2C3[C@H](O)C[C@@H]4C[C@H](O)CC[C@]4(C)[C@H]3C[C@H](O)[C@]12C.Cc1c(CC(=O)O)c(=O)oc2cc(N)ccc12.Cc1c(CC(=O)O)c(=O)oc2cc(NC(=O)CC[C@@H](C)[C@H]3CC[C@H]4C5[C@H](O)C[C@@H]6C[C@H](O)CC[C@]6(C)[C@H]5C[C@H](O)[C@]34C)ccc12.[2H]CF. The molecule has 2 heterocycles. The number of aliphatic carboxylic acids is 3. The summed E-state index contributed by atoms with van der Waals surface area (Å²) in [7, 11) is -1.00. The van der Waals surface area contributed by atoms with Crippen LogP contribution in [-0.2, 0) is 32.0 Å². The highest BCUT2D eigenvalue weighted by atomic mass is 19.1. The minimum absolute atomic E-state index is 0. The second kappa shape index (κ2) is 29.1. The van der Waals surface area contributed by atoms with Crippen molar-refractivity contribution in [2.45, 2.75) is 228 Å². The van der Waals surface area contributed by atoms with E-state index in [0.29, 0.717) is 99.7 Å². The van der Waals surface area contributed by atoms with Gasteiger partial charge in [0.25, 0.3) is 0 Å². The second-order valence-electron chi connectivity index (χ2n) is 30.6. The van der Waals surface area contributed by atoms with Crippen molar-refractivity contribution < 1.29 is 79.7 Å². The van der Waals surface area contributed by atoms with E-state index in [-0.39, 0.29) is 119 Å². The average molecular weight is 1320 g/mol. The molecule has 8 saturated carbocycles. The molecule has 12 N–H and O–H groups in total. The van der Waals surface area contributed by atoms with Crippen LogP contribution in [0.15, 0.2) is 54.8 Å². The van der Waals surface area contributed by atoms with E-state index in [0.717, 1.165) is 83.5 Å². The number of carboxylic acids is 3. The maximum Gasteiger partial charge on any atom is 0.340 e. The van der Waals surface area contributed by atoms with E-state index in [1.54, 1.807) is 50.2 Å². The molecule has 0 aliphatic heterocycles. The highest BCUT2D eigenvalue weighted by molar-refractivity contribution is 5.94. The fourth-order valence-electron chi connectivity index (χ4n) is 21.2. The van der Waals surface area contributed by atoms with Crippen molar-refractivity contribution in [2.75, 3.05) is 18.2 Å². The minimum Gasteiger partial charge on any atom is -0.481 e. The number of carbonyl (C=O) groups is 4. The number of fused-ring (bicyclic) bond motifs is 12. The fraction of sp³-hybridized carbons (Fsp3) is 0.703. The van der Waals surface area contributed by atoms with Gasteiger partial charge in [-0.05, 0) is 245 Å². The largest absolute Gasteiger partial charge is 0.481 e. The van der Waals surface area contributed by atoms with Gasteiger partial charge >= 0.3 is 29.2 Å². The van der Waals surface area contributed by atoms with Crippen LogP contribution in [0.25, 0.3) is 21.9 Å². The summed E-state index contributed by atoms with van der Waals surface area (Å²) in [4.78, 5) is 70.0. The lowest BCUT2D eigenvalue weighted by Gasteiger charge is -2.63. The summed E-state index contributed by atoms with van der Waals surface area (Å²) in [5.74, 6) is 0.0794. The number of aryl methyl sites for hydroxylation is 2. The van der Waals surface area contributed by atoms with E-state index in [4.69, 9.17) is 31.3 Å². The lowest BCUT2D eigenvalue weighted by atomic mass is 9.43. The van der Waals surface area contributed by atoms with Crippen molar-refractivity contribution in [3.8, 4) is 0 Å². The molecule has 2 aromatic heterocycles. The van der Waals surface area contributed by atoms with Crippen molar-refractivity contribution >= 4 is 57.1 Å². The first-order chi connectivity index (χ1) is 44.2. The molecule has 522 valence electrons. The zero-order valence-electron chi connectivity index (χ0n) is 56.5. The summed E-state index contributed by atoms with van der Waals surface area (Å²) in [5, 5.41) is 97.8. The Hall–Kier alpha value is -5.77. The minimum atomic E-state index is -1.10. The number of carbonyl (C=O) groups excluding carboxylic acids is 1. The number of hydrogen-bond donors (Lipinski definition) is 11. The van der Waals surface area contributed by atoms with Gasteiger partial charge in [0.05, 0.1) is 69.1 Å². The molecule has 0 radical (unpaired) electrons. The van der Waals surface area contributed by atoms with Gasteiger partial charge in [0.2, 0.25) is 5.91 Å². The van der Waals surface area contributed by atoms with Gasteiger partial charge in [-0.3, -0.25) is 23.6 Å². The van der Waals surface area contributed by atoms with Crippen molar-refractivity contribution in [3.63, 3.8) is 0 Å². The van der Waals surface area contributed by atoms with Gasteiger partial charge in [0.1, 0.15) is 11.2 Å². The number of aliphatic hydroxyl groups excluding tert-OH is 6. The van der Waals surface area contributed by atoms with Crippen molar-refractivity contribution in [1.29, 1.82) is 0 Å². The molecule has 94 heavy (non-hydrogen) atoms. The lowest BCUT2D eigenvalue weighted by Crippen LogP contribution is -2.62. The van der Waals surface area contributed by atoms with Gasteiger partial charge in [-0.2, -0.15) is 0 Å². The Balaban J connectivity index is 0.000000197. The molecule has 20 heteroatoms. The molecule has 1 amide bonds. The number of nitrogens with one attached hydrogen (secondary N) is 1. The van der Waals surface area contributed by atoms with Crippen LogP contribution < -0.4 is 22.3 Å². The molecule has 8 fully saturated rings. The van der Waals surface area contributed by atoms with Crippen molar-refractivity contribution in [1.82, 2.24) is 0 Å². The Morgan fingerprint density at radius 2 is 1.02 bits per heavy atom. The molecule has 2 unspecified atom stereocenters. The van der Waals surface area contributed by atoms with Gasteiger partial charge in [-0.1, -0.05) is 49.0 Å².